The van der Waals surface area contributed by atoms with Gasteiger partial charge in [-0.05, 0) is 49.2 Å². The number of carbonyl (C=O) groups is 1. The summed E-state index contributed by atoms with van der Waals surface area (Å²) in [5.74, 6) is 0.616. The molecule has 0 aliphatic carbocycles. The highest BCUT2D eigenvalue weighted by Crippen LogP contribution is 2.38. The second-order valence-electron chi connectivity index (χ2n) is 7.27. The third-order valence-corrected chi connectivity index (χ3v) is 4.90. The van der Waals surface area contributed by atoms with Gasteiger partial charge in [-0.15, -0.1) is 0 Å². The molecule has 0 saturated carbocycles. The van der Waals surface area contributed by atoms with E-state index in [0.717, 1.165) is 32.9 Å². The summed E-state index contributed by atoms with van der Waals surface area (Å²) in [4.78, 5) is 18.2. The van der Waals surface area contributed by atoms with E-state index >= 15 is 0 Å². The minimum atomic E-state index is -5.17. The number of rotatable bonds is 4. The maximum Gasteiger partial charge on any atom is 0.435 e. The molecule has 0 amide bonds. The number of carbonyl (C=O) groups excluding carboxylic acids is 1. The summed E-state index contributed by atoms with van der Waals surface area (Å²) in [7, 11) is -2.12. The van der Waals surface area contributed by atoms with Crippen LogP contribution in [0.25, 0.3) is 21.8 Å². The monoisotopic (exact) mass is 487 g/mol. The van der Waals surface area contributed by atoms with Gasteiger partial charge in [-0.25, -0.2) is 9.78 Å². The van der Waals surface area contributed by atoms with Crippen molar-refractivity contribution in [3.63, 3.8) is 0 Å². The number of fused-ring (bicyclic) bond motifs is 2. The first-order valence-electron chi connectivity index (χ1n) is 9.93. The number of aromatic nitrogens is 1. The zero-order valence-electron chi connectivity index (χ0n) is 18.8. The Hall–Kier alpha value is -3.76. The standard InChI is InChI=1S/C24H21NO4.FHO3S/c1-14-12-15(2)21-18(13-14)25-17-9-6-5-8-16(17)22(21)24(26)29-23-19(27-3)10-7-11-20(23)28-4;1-5(2,3)4/h5-13H,1-4H3;(H,2,3,4). The molecular weight excluding hydrogens is 465 g/mol. The summed E-state index contributed by atoms with van der Waals surface area (Å²) in [6.07, 6.45) is 0. The molecule has 0 aliphatic heterocycles. The number of esters is 1. The Morgan fingerprint density at radius 3 is 2.12 bits per heavy atom. The highest BCUT2D eigenvalue weighted by Gasteiger charge is 2.23. The average molecular weight is 488 g/mol. The fourth-order valence-electron chi connectivity index (χ4n) is 3.68. The molecule has 0 unspecified atom stereocenters. The first kappa shape index (κ1) is 24.9. The third kappa shape index (κ3) is 5.59. The molecule has 0 spiro atoms. The smallest absolute Gasteiger partial charge is 0.435 e. The molecule has 4 rings (SSSR count). The van der Waals surface area contributed by atoms with Gasteiger partial charge in [0.1, 0.15) is 0 Å². The quantitative estimate of drug-likeness (QED) is 0.141. The lowest BCUT2D eigenvalue weighted by molar-refractivity contribution is 0.0728. The second-order valence-corrected chi connectivity index (χ2v) is 8.10. The average Bonchev–Trinajstić information content (AvgIpc) is 2.76. The number of pyridine rings is 1. The number of hydrogen-bond acceptors (Lipinski definition) is 7. The largest absolute Gasteiger partial charge is 0.493 e. The number of benzene rings is 3. The number of aryl methyl sites for hydroxylation is 2. The number of halogens is 1. The van der Waals surface area contributed by atoms with Gasteiger partial charge < -0.3 is 14.2 Å². The molecule has 0 atom stereocenters. The Morgan fingerprint density at radius 2 is 1.53 bits per heavy atom. The van der Waals surface area contributed by atoms with E-state index in [1.54, 1.807) is 18.2 Å². The molecule has 1 heterocycles. The van der Waals surface area contributed by atoms with Crippen LogP contribution in [0.3, 0.4) is 0 Å². The van der Waals surface area contributed by atoms with Gasteiger partial charge in [0.15, 0.2) is 11.5 Å². The van der Waals surface area contributed by atoms with E-state index < -0.39 is 16.5 Å². The van der Waals surface area contributed by atoms with Gasteiger partial charge in [-0.2, -0.15) is 8.42 Å². The van der Waals surface area contributed by atoms with Crippen LogP contribution < -0.4 is 14.2 Å². The SMILES string of the molecule is COc1cccc(OC)c1OC(=O)c1c2ccccc2nc2cc(C)cc(C)c12.O=S(=O)(O)F. The van der Waals surface area contributed by atoms with Crippen LogP contribution in [-0.2, 0) is 10.5 Å². The van der Waals surface area contributed by atoms with Gasteiger partial charge in [0.2, 0.25) is 5.75 Å². The Balaban J connectivity index is 0.000000588. The first-order chi connectivity index (χ1) is 16.0. The molecule has 1 N–H and O–H groups in total. The van der Waals surface area contributed by atoms with Gasteiger partial charge in [0.05, 0.1) is 30.8 Å². The molecule has 4 aromatic rings. The lowest BCUT2D eigenvalue weighted by Crippen LogP contribution is -2.12. The van der Waals surface area contributed by atoms with E-state index in [2.05, 4.69) is 0 Å². The van der Waals surface area contributed by atoms with Crippen molar-refractivity contribution < 1.29 is 35.9 Å². The Morgan fingerprint density at radius 1 is 0.941 bits per heavy atom. The molecule has 178 valence electrons. The molecule has 10 heteroatoms. The molecule has 0 aliphatic rings. The maximum absolute atomic E-state index is 13.5. The number of para-hydroxylation sites is 2. The molecule has 8 nitrogen and oxygen atoms in total. The van der Waals surface area contributed by atoms with Crippen LogP contribution in [0.15, 0.2) is 54.6 Å². The van der Waals surface area contributed by atoms with Crippen LogP contribution in [0.4, 0.5) is 3.89 Å². The summed E-state index contributed by atoms with van der Waals surface area (Å²) in [5, 5.41) is 1.53. The fourth-order valence-corrected chi connectivity index (χ4v) is 3.68. The van der Waals surface area contributed by atoms with E-state index in [4.69, 9.17) is 32.2 Å². The zero-order chi connectivity index (χ0) is 25.0. The number of ether oxygens (including phenoxy) is 3. The summed E-state index contributed by atoms with van der Waals surface area (Å²) in [5.41, 5.74) is 4.04. The second kappa shape index (κ2) is 10.0. The lowest BCUT2D eigenvalue weighted by Gasteiger charge is -2.16. The van der Waals surface area contributed by atoms with Crippen molar-refractivity contribution in [2.45, 2.75) is 13.8 Å². The number of nitrogens with zero attached hydrogens (tertiary/aromatic N) is 1. The Bertz CT molecular complexity index is 1460. The predicted octanol–water partition coefficient (Wildman–Crippen LogP) is 5.00. The predicted molar refractivity (Wildman–Crippen MR) is 126 cm³/mol. The van der Waals surface area contributed by atoms with Crippen LogP contribution >= 0.6 is 0 Å². The molecule has 3 aromatic carbocycles. The zero-order valence-corrected chi connectivity index (χ0v) is 19.6. The number of hydrogen-bond donors (Lipinski definition) is 1. The highest BCUT2D eigenvalue weighted by molar-refractivity contribution is 7.80. The first-order valence-corrected chi connectivity index (χ1v) is 11.3. The van der Waals surface area contributed by atoms with Crippen LogP contribution in [0, 0.1) is 13.8 Å². The molecular formula is C24H22FNO7S. The lowest BCUT2D eigenvalue weighted by atomic mass is 9.97. The fraction of sp³-hybridized carbons (Fsp3) is 0.167. The topological polar surface area (TPSA) is 112 Å². The van der Waals surface area contributed by atoms with Gasteiger partial charge in [0.25, 0.3) is 0 Å². The van der Waals surface area contributed by atoms with Gasteiger partial charge in [-0.3, -0.25) is 4.55 Å². The molecule has 0 saturated heterocycles. The Labute approximate surface area is 195 Å². The van der Waals surface area contributed by atoms with Crippen molar-refractivity contribution >= 4 is 38.3 Å². The summed E-state index contributed by atoms with van der Waals surface area (Å²) < 4.78 is 50.7. The van der Waals surface area contributed by atoms with Gasteiger partial charge in [0, 0.05) is 10.8 Å². The van der Waals surface area contributed by atoms with Crippen molar-refractivity contribution in [1.82, 2.24) is 4.98 Å². The van der Waals surface area contributed by atoms with Crippen molar-refractivity contribution in [2.24, 2.45) is 0 Å². The van der Waals surface area contributed by atoms with Crippen LogP contribution in [-0.4, -0.2) is 38.1 Å². The molecule has 0 radical (unpaired) electrons. The van der Waals surface area contributed by atoms with Crippen LogP contribution in [0.1, 0.15) is 21.5 Å². The molecule has 0 fully saturated rings. The van der Waals surface area contributed by atoms with Crippen molar-refractivity contribution in [3.8, 4) is 17.2 Å². The van der Waals surface area contributed by atoms with E-state index in [9.17, 15) is 8.68 Å². The van der Waals surface area contributed by atoms with Crippen molar-refractivity contribution in [2.75, 3.05) is 14.2 Å². The highest BCUT2D eigenvalue weighted by atomic mass is 32.3. The van der Waals surface area contributed by atoms with Gasteiger partial charge >= 0.3 is 16.5 Å². The summed E-state index contributed by atoms with van der Waals surface area (Å²) in [6, 6.07) is 16.8. The van der Waals surface area contributed by atoms with Crippen LogP contribution in [0.2, 0.25) is 0 Å². The van der Waals surface area contributed by atoms with Crippen molar-refractivity contribution in [3.05, 3.63) is 71.3 Å². The molecule has 0 bridgehead atoms. The van der Waals surface area contributed by atoms with E-state index in [0.29, 0.717) is 17.1 Å². The van der Waals surface area contributed by atoms with E-state index in [1.165, 1.54) is 14.2 Å². The number of methoxy groups -OCH3 is 2. The van der Waals surface area contributed by atoms with E-state index in [1.807, 2.05) is 50.2 Å². The normalized spacial score (nSPS) is 11.0. The van der Waals surface area contributed by atoms with Crippen LogP contribution in [0.5, 0.6) is 17.2 Å². The minimum absolute atomic E-state index is 0.251. The van der Waals surface area contributed by atoms with Crippen molar-refractivity contribution in [1.29, 1.82) is 0 Å². The maximum atomic E-state index is 13.5. The van der Waals surface area contributed by atoms with E-state index in [-0.39, 0.29) is 5.75 Å². The minimum Gasteiger partial charge on any atom is -0.493 e. The molecule has 1 aromatic heterocycles. The molecule has 34 heavy (non-hydrogen) atoms. The summed E-state index contributed by atoms with van der Waals surface area (Å²) in [6.45, 7) is 3.99. The Kier molecular flexibility index (Phi) is 7.33. The third-order valence-electron chi connectivity index (χ3n) is 4.90. The summed E-state index contributed by atoms with van der Waals surface area (Å²) >= 11 is 0. The van der Waals surface area contributed by atoms with Gasteiger partial charge in [-0.1, -0.05) is 34.2 Å².